The molecule has 0 aromatic carbocycles. The minimum atomic E-state index is 0.290. The highest BCUT2D eigenvalue weighted by Crippen LogP contribution is 2.20. The molecule has 0 aromatic rings. The molecule has 3 nitrogen and oxygen atoms in total. The van der Waals surface area contributed by atoms with E-state index in [2.05, 4.69) is 31.0 Å². The molecule has 2 unspecified atom stereocenters. The summed E-state index contributed by atoms with van der Waals surface area (Å²) in [6, 6.07) is 0.694. The number of hydrogen-bond acceptors (Lipinski definition) is 3. The smallest absolute Gasteiger partial charge is 0.0589 e. The van der Waals surface area contributed by atoms with Crippen LogP contribution in [0.1, 0.15) is 40.0 Å². The van der Waals surface area contributed by atoms with Gasteiger partial charge in [-0.15, -0.1) is 0 Å². The van der Waals surface area contributed by atoms with Gasteiger partial charge in [0, 0.05) is 38.3 Å². The zero-order chi connectivity index (χ0) is 12.0. The molecule has 0 bridgehead atoms. The lowest BCUT2D eigenvalue weighted by Gasteiger charge is -2.46. The Bertz CT molecular complexity index is 198. The van der Waals surface area contributed by atoms with Gasteiger partial charge in [-0.05, 0) is 19.8 Å². The van der Waals surface area contributed by atoms with Gasteiger partial charge in [-0.25, -0.2) is 0 Å². The topological polar surface area (TPSA) is 24.5 Å². The van der Waals surface area contributed by atoms with Gasteiger partial charge < -0.3 is 10.1 Å². The standard InChI is InChI=1S/C13H28N2O/c1-5-7-12-10-14-13(3,6-2)11-15(12)8-9-16-4/h12,14H,5-11H2,1-4H3. The number of piperazine rings is 1. The van der Waals surface area contributed by atoms with Crippen LogP contribution in [0, 0.1) is 0 Å². The molecular formula is C13H28N2O. The Morgan fingerprint density at radius 3 is 2.75 bits per heavy atom. The molecule has 1 saturated heterocycles. The summed E-state index contributed by atoms with van der Waals surface area (Å²) in [6.45, 7) is 11.1. The molecule has 1 heterocycles. The molecule has 96 valence electrons. The molecule has 0 radical (unpaired) electrons. The first-order valence-electron chi connectivity index (χ1n) is 6.63. The lowest BCUT2D eigenvalue weighted by molar-refractivity contribution is 0.0532. The SMILES string of the molecule is CCCC1CNC(C)(CC)CN1CCOC. The second kappa shape index (κ2) is 6.58. The van der Waals surface area contributed by atoms with Gasteiger partial charge >= 0.3 is 0 Å². The molecule has 2 atom stereocenters. The summed E-state index contributed by atoms with van der Waals surface area (Å²) < 4.78 is 5.21. The van der Waals surface area contributed by atoms with Crippen LogP contribution in [-0.4, -0.2) is 49.8 Å². The van der Waals surface area contributed by atoms with Crippen LogP contribution in [0.2, 0.25) is 0 Å². The average Bonchev–Trinajstić information content (AvgIpc) is 2.30. The second-order valence-electron chi connectivity index (χ2n) is 5.20. The van der Waals surface area contributed by atoms with E-state index in [0.717, 1.165) is 26.2 Å². The van der Waals surface area contributed by atoms with Crippen LogP contribution < -0.4 is 5.32 Å². The van der Waals surface area contributed by atoms with Gasteiger partial charge in [0.05, 0.1) is 6.61 Å². The minimum absolute atomic E-state index is 0.290. The quantitative estimate of drug-likeness (QED) is 0.751. The third-order valence-corrected chi connectivity index (χ3v) is 3.82. The fourth-order valence-electron chi connectivity index (χ4n) is 2.45. The van der Waals surface area contributed by atoms with Gasteiger partial charge in [-0.2, -0.15) is 0 Å². The van der Waals surface area contributed by atoms with Crippen molar-refractivity contribution in [3.8, 4) is 0 Å². The highest BCUT2D eigenvalue weighted by molar-refractivity contribution is 4.94. The Balaban J connectivity index is 2.54. The predicted molar refractivity (Wildman–Crippen MR) is 68.8 cm³/mol. The maximum atomic E-state index is 5.21. The fraction of sp³-hybridized carbons (Fsp3) is 1.00. The van der Waals surface area contributed by atoms with Gasteiger partial charge in [0.15, 0.2) is 0 Å². The summed E-state index contributed by atoms with van der Waals surface area (Å²) in [4.78, 5) is 2.60. The van der Waals surface area contributed by atoms with Gasteiger partial charge in [-0.1, -0.05) is 20.3 Å². The number of rotatable bonds is 6. The maximum absolute atomic E-state index is 5.21. The number of hydrogen-bond donors (Lipinski definition) is 1. The van der Waals surface area contributed by atoms with E-state index in [-0.39, 0.29) is 5.54 Å². The molecule has 0 spiro atoms. The molecule has 0 saturated carbocycles. The van der Waals surface area contributed by atoms with Crippen LogP contribution in [0.15, 0.2) is 0 Å². The summed E-state index contributed by atoms with van der Waals surface area (Å²) >= 11 is 0. The predicted octanol–water partition coefficient (Wildman–Crippen LogP) is 1.88. The molecule has 1 N–H and O–H groups in total. The van der Waals surface area contributed by atoms with Gasteiger partial charge in [0.25, 0.3) is 0 Å². The van der Waals surface area contributed by atoms with Crippen molar-refractivity contribution in [2.24, 2.45) is 0 Å². The van der Waals surface area contributed by atoms with Crippen molar-refractivity contribution in [3.63, 3.8) is 0 Å². The van der Waals surface area contributed by atoms with E-state index < -0.39 is 0 Å². The Kier molecular flexibility index (Phi) is 5.73. The lowest BCUT2D eigenvalue weighted by atomic mass is 9.92. The van der Waals surface area contributed by atoms with Crippen LogP contribution in [0.25, 0.3) is 0 Å². The molecule has 0 aliphatic carbocycles. The van der Waals surface area contributed by atoms with E-state index >= 15 is 0 Å². The Morgan fingerprint density at radius 1 is 1.44 bits per heavy atom. The summed E-state index contributed by atoms with van der Waals surface area (Å²) in [5.74, 6) is 0. The monoisotopic (exact) mass is 228 g/mol. The van der Waals surface area contributed by atoms with E-state index in [9.17, 15) is 0 Å². The van der Waals surface area contributed by atoms with E-state index in [1.165, 1.54) is 19.3 Å². The Morgan fingerprint density at radius 2 is 2.19 bits per heavy atom. The van der Waals surface area contributed by atoms with Crippen molar-refractivity contribution >= 4 is 0 Å². The van der Waals surface area contributed by atoms with Crippen LogP contribution in [0.4, 0.5) is 0 Å². The Hall–Kier alpha value is -0.120. The van der Waals surface area contributed by atoms with Crippen molar-refractivity contribution in [1.82, 2.24) is 10.2 Å². The zero-order valence-electron chi connectivity index (χ0n) is 11.4. The molecule has 0 amide bonds. The molecular weight excluding hydrogens is 200 g/mol. The molecule has 3 heteroatoms. The molecule has 1 rings (SSSR count). The second-order valence-corrected chi connectivity index (χ2v) is 5.20. The summed E-state index contributed by atoms with van der Waals surface area (Å²) in [5.41, 5.74) is 0.290. The number of nitrogens with one attached hydrogen (secondary N) is 1. The molecule has 0 aromatic heterocycles. The summed E-state index contributed by atoms with van der Waals surface area (Å²) in [6.07, 6.45) is 3.74. The average molecular weight is 228 g/mol. The van der Waals surface area contributed by atoms with Crippen LogP contribution in [-0.2, 0) is 4.74 Å². The number of nitrogens with zero attached hydrogens (tertiary/aromatic N) is 1. The highest BCUT2D eigenvalue weighted by Gasteiger charge is 2.33. The van der Waals surface area contributed by atoms with Crippen LogP contribution in [0.3, 0.4) is 0 Å². The maximum Gasteiger partial charge on any atom is 0.0589 e. The normalized spacial score (nSPS) is 31.9. The van der Waals surface area contributed by atoms with Crippen molar-refractivity contribution in [1.29, 1.82) is 0 Å². The number of ether oxygens (including phenoxy) is 1. The molecule has 1 aliphatic rings. The third kappa shape index (κ3) is 3.72. The number of methoxy groups -OCH3 is 1. The van der Waals surface area contributed by atoms with E-state index in [1.807, 2.05) is 0 Å². The van der Waals surface area contributed by atoms with E-state index in [4.69, 9.17) is 4.74 Å². The van der Waals surface area contributed by atoms with Crippen molar-refractivity contribution < 1.29 is 4.74 Å². The molecule has 1 aliphatic heterocycles. The van der Waals surface area contributed by atoms with Gasteiger partial charge in [0.2, 0.25) is 0 Å². The largest absolute Gasteiger partial charge is 0.383 e. The van der Waals surface area contributed by atoms with E-state index in [1.54, 1.807) is 7.11 Å². The zero-order valence-corrected chi connectivity index (χ0v) is 11.4. The van der Waals surface area contributed by atoms with Gasteiger partial charge in [0.1, 0.15) is 0 Å². The first kappa shape index (κ1) is 13.9. The summed E-state index contributed by atoms with van der Waals surface area (Å²) in [7, 11) is 1.79. The molecule has 16 heavy (non-hydrogen) atoms. The lowest BCUT2D eigenvalue weighted by Crippen LogP contribution is -2.63. The van der Waals surface area contributed by atoms with Gasteiger partial charge in [-0.3, -0.25) is 4.90 Å². The van der Waals surface area contributed by atoms with Crippen molar-refractivity contribution in [3.05, 3.63) is 0 Å². The van der Waals surface area contributed by atoms with Crippen LogP contribution >= 0.6 is 0 Å². The first-order valence-corrected chi connectivity index (χ1v) is 6.63. The molecule has 1 fully saturated rings. The van der Waals surface area contributed by atoms with Crippen molar-refractivity contribution in [2.75, 3.05) is 33.4 Å². The minimum Gasteiger partial charge on any atom is -0.383 e. The summed E-state index contributed by atoms with van der Waals surface area (Å²) in [5, 5.41) is 3.70. The van der Waals surface area contributed by atoms with Crippen molar-refractivity contribution in [2.45, 2.75) is 51.6 Å². The van der Waals surface area contributed by atoms with E-state index in [0.29, 0.717) is 6.04 Å². The fourth-order valence-corrected chi connectivity index (χ4v) is 2.45. The highest BCUT2D eigenvalue weighted by atomic mass is 16.5. The first-order chi connectivity index (χ1) is 7.65. The van der Waals surface area contributed by atoms with Crippen LogP contribution in [0.5, 0.6) is 0 Å². The third-order valence-electron chi connectivity index (χ3n) is 3.82. The Labute approximate surface area is 101 Å².